The molecule has 0 aromatic carbocycles. The van der Waals surface area contributed by atoms with Gasteiger partial charge in [-0.15, -0.1) is 0 Å². The Kier molecular flexibility index (Phi) is 2.85. The standard InChI is InChI=1S/C12H21N7/c1-4-9-10-11(17(3)15-9)19(12(13)14-10)18-7-5-16(2)6-8-18/h4-8H2,1-3H3,(H2,13,14). The summed E-state index contributed by atoms with van der Waals surface area (Å²) in [7, 11) is 4.10. The lowest BCUT2D eigenvalue weighted by Crippen LogP contribution is -2.50. The molecule has 2 N–H and O–H groups in total. The smallest absolute Gasteiger partial charge is 0.222 e. The van der Waals surface area contributed by atoms with E-state index in [1.165, 1.54) is 0 Å². The Labute approximate surface area is 112 Å². The number of rotatable bonds is 2. The van der Waals surface area contributed by atoms with Crippen molar-refractivity contribution in [3.63, 3.8) is 0 Å². The molecule has 0 spiro atoms. The fourth-order valence-electron chi connectivity index (χ4n) is 2.69. The van der Waals surface area contributed by atoms with E-state index in [4.69, 9.17) is 5.73 Å². The maximum absolute atomic E-state index is 6.11. The summed E-state index contributed by atoms with van der Waals surface area (Å²) in [5.41, 5.74) is 9.05. The number of nitrogens with zero attached hydrogens (tertiary/aromatic N) is 6. The Morgan fingerprint density at radius 3 is 2.47 bits per heavy atom. The predicted octanol–water partition coefficient (Wildman–Crippen LogP) is -0.202. The van der Waals surface area contributed by atoms with E-state index in [9.17, 15) is 0 Å². The van der Waals surface area contributed by atoms with Crippen LogP contribution in [-0.2, 0) is 13.5 Å². The zero-order valence-electron chi connectivity index (χ0n) is 11.8. The first-order valence-electron chi connectivity index (χ1n) is 6.75. The molecule has 0 radical (unpaired) electrons. The number of nitrogen functional groups attached to an aromatic ring is 1. The summed E-state index contributed by atoms with van der Waals surface area (Å²) in [6, 6.07) is 0. The van der Waals surface area contributed by atoms with Crippen LogP contribution in [0, 0.1) is 0 Å². The van der Waals surface area contributed by atoms with Gasteiger partial charge in [-0.05, 0) is 13.5 Å². The quantitative estimate of drug-likeness (QED) is 0.812. The molecule has 0 amide bonds. The van der Waals surface area contributed by atoms with Gasteiger partial charge in [-0.25, -0.2) is 14.3 Å². The Hall–Kier alpha value is -1.76. The van der Waals surface area contributed by atoms with Crippen molar-refractivity contribution in [2.45, 2.75) is 13.3 Å². The number of aryl methyl sites for hydroxylation is 2. The van der Waals surface area contributed by atoms with Crippen LogP contribution < -0.4 is 10.7 Å². The molecule has 3 heterocycles. The fraction of sp³-hybridized carbons (Fsp3) is 0.667. The molecule has 1 aliphatic heterocycles. The summed E-state index contributed by atoms with van der Waals surface area (Å²) < 4.78 is 3.91. The number of nitrogens with two attached hydrogens (primary N) is 1. The first-order chi connectivity index (χ1) is 9.11. The largest absolute Gasteiger partial charge is 0.368 e. The predicted molar refractivity (Wildman–Crippen MR) is 75.7 cm³/mol. The minimum Gasteiger partial charge on any atom is -0.368 e. The Bertz CT molecular complexity index is 589. The minimum atomic E-state index is 0.558. The number of likely N-dealkylation sites (N-methyl/N-ethyl adjacent to an activating group) is 1. The third kappa shape index (κ3) is 1.85. The van der Waals surface area contributed by atoms with Crippen LogP contribution in [0.4, 0.5) is 5.95 Å². The van der Waals surface area contributed by atoms with Crippen molar-refractivity contribution in [2.24, 2.45) is 7.05 Å². The van der Waals surface area contributed by atoms with E-state index in [-0.39, 0.29) is 0 Å². The van der Waals surface area contributed by atoms with E-state index >= 15 is 0 Å². The fourth-order valence-corrected chi connectivity index (χ4v) is 2.69. The van der Waals surface area contributed by atoms with Crippen LogP contribution in [-0.4, -0.2) is 57.6 Å². The molecule has 1 fully saturated rings. The number of piperazine rings is 1. The third-order valence-electron chi connectivity index (χ3n) is 3.80. The van der Waals surface area contributed by atoms with E-state index in [0.717, 1.165) is 49.5 Å². The highest BCUT2D eigenvalue weighted by Crippen LogP contribution is 2.22. The summed E-state index contributed by atoms with van der Waals surface area (Å²) in [5, 5.41) is 6.78. The van der Waals surface area contributed by atoms with Crippen molar-refractivity contribution in [3.8, 4) is 0 Å². The summed E-state index contributed by atoms with van der Waals surface area (Å²) in [6.07, 6.45) is 0.872. The van der Waals surface area contributed by atoms with E-state index in [1.807, 2.05) is 16.4 Å². The molecule has 0 unspecified atom stereocenters. The summed E-state index contributed by atoms with van der Waals surface area (Å²) in [6.45, 7) is 6.08. The Balaban J connectivity index is 2.07. The lowest BCUT2D eigenvalue weighted by Gasteiger charge is -2.34. The van der Waals surface area contributed by atoms with Crippen LogP contribution in [0.15, 0.2) is 0 Å². The SMILES string of the molecule is CCc1nn(C)c2c1nc(N)n2N1CCN(C)CC1. The van der Waals surface area contributed by atoms with Gasteiger partial charge in [0.15, 0.2) is 5.65 Å². The normalized spacial score (nSPS) is 17.5. The Morgan fingerprint density at radius 2 is 1.84 bits per heavy atom. The highest BCUT2D eigenvalue weighted by molar-refractivity contribution is 5.78. The molecule has 0 bridgehead atoms. The zero-order valence-corrected chi connectivity index (χ0v) is 11.8. The van der Waals surface area contributed by atoms with Gasteiger partial charge < -0.3 is 15.6 Å². The minimum absolute atomic E-state index is 0.558. The van der Waals surface area contributed by atoms with Gasteiger partial charge in [0.1, 0.15) is 5.52 Å². The van der Waals surface area contributed by atoms with Crippen LogP contribution in [0.5, 0.6) is 0 Å². The first kappa shape index (κ1) is 12.3. The number of anilines is 1. The molecule has 1 saturated heterocycles. The molecule has 19 heavy (non-hydrogen) atoms. The van der Waals surface area contributed by atoms with E-state index in [0.29, 0.717) is 5.95 Å². The third-order valence-corrected chi connectivity index (χ3v) is 3.80. The van der Waals surface area contributed by atoms with Crippen molar-refractivity contribution < 1.29 is 0 Å². The van der Waals surface area contributed by atoms with Gasteiger partial charge in [-0.3, -0.25) is 0 Å². The van der Waals surface area contributed by atoms with E-state index < -0.39 is 0 Å². The second kappa shape index (κ2) is 4.41. The van der Waals surface area contributed by atoms with Gasteiger partial charge >= 0.3 is 0 Å². The second-order valence-corrected chi connectivity index (χ2v) is 5.13. The highest BCUT2D eigenvalue weighted by atomic mass is 15.6. The highest BCUT2D eigenvalue weighted by Gasteiger charge is 2.23. The number of aromatic nitrogens is 4. The molecule has 7 nitrogen and oxygen atoms in total. The average molecular weight is 263 g/mol. The molecule has 0 saturated carbocycles. The lowest BCUT2D eigenvalue weighted by atomic mass is 10.3. The van der Waals surface area contributed by atoms with E-state index in [2.05, 4.69) is 34.0 Å². The molecular weight excluding hydrogens is 242 g/mol. The number of fused-ring (bicyclic) bond motifs is 1. The molecule has 2 aromatic rings. The van der Waals surface area contributed by atoms with Crippen LogP contribution in [0.3, 0.4) is 0 Å². The van der Waals surface area contributed by atoms with Crippen molar-refractivity contribution in [2.75, 3.05) is 44.0 Å². The van der Waals surface area contributed by atoms with Gasteiger partial charge in [-0.2, -0.15) is 5.10 Å². The molecule has 104 valence electrons. The van der Waals surface area contributed by atoms with Crippen LogP contribution in [0.25, 0.3) is 11.2 Å². The molecule has 0 aliphatic carbocycles. The topological polar surface area (TPSA) is 68.1 Å². The average Bonchev–Trinajstić information content (AvgIpc) is 2.88. The lowest BCUT2D eigenvalue weighted by molar-refractivity contribution is 0.289. The monoisotopic (exact) mass is 263 g/mol. The first-order valence-corrected chi connectivity index (χ1v) is 6.75. The van der Waals surface area contributed by atoms with Gasteiger partial charge in [0.2, 0.25) is 5.95 Å². The number of hydrogen-bond acceptors (Lipinski definition) is 5. The van der Waals surface area contributed by atoms with Crippen LogP contribution in [0.1, 0.15) is 12.6 Å². The zero-order chi connectivity index (χ0) is 13.6. The molecule has 2 aromatic heterocycles. The molecular formula is C12H21N7. The molecule has 1 aliphatic rings. The summed E-state index contributed by atoms with van der Waals surface area (Å²) in [5.74, 6) is 0.558. The van der Waals surface area contributed by atoms with Gasteiger partial charge in [0.25, 0.3) is 0 Å². The second-order valence-electron chi connectivity index (χ2n) is 5.13. The van der Waals surface area contributed by atoms with Crippen molar-refractivity contribution in [3.05, 3.63) is 5.69 Å². The van der Waals surface area contributed by atoms with Crippen LogP contribution >= 0.6 is 0 Å². The number of hydrogen-bond donors (Lipinski definition) is 1. The maximum Gasteiger partial charge on any atom is 0.222 e. The Morgan fingerprint density at radius 1 is 1.16 bits per heavy atom. The van der Waals surface area contributed by atoms with Crippen LogP contribution in [0.2, 0.25) is 0 Å². The van der Waals surface area contributed by atoms with Gasteiger partial charge in [-0.1, -0.05) is 6.92 Å². The van der Waals surface area contributed by atoms with Crippen molar-refractivity contribution >= 4 is 17.1 Å². The molecule has 7 heteroatoms. The van der Waals surface area contributed by atoms with Gasteiger partial charge in [0, 0.05) is 33.2 Å². The molecule has 0 atom stereocenters. The summed E-state index contributed by atoms with van der Waals surface area (Å²) >= 11 is 0. The van der Waals surface area contributed by atoms with Crippen molar-refractivity contribution in [1.29, 1.82) is 0 Å². The van der Waals surface area contributed by atoms with E-state index in [1.54, 1.807) is 0 Å². The number of imidazole rings is 1. The molecule has 3 rings (SSSR count). The maximum atomic E-state index is 6.11. The summed E-state index contributed by atoms with van der Waals surface area (Å²) in [4.78, 5) is 6.82. The van der Waals surface area contributed by atoms with Gasteiger partial charge in [0.05, 0.1) is 5.69 Å². The van der Waals surface area contributed by atoms with Crippen molar-refractivity contribution in [1.82, 2.24) is 24.3 Å².